The number of H-pyrrole nitrogens is 1. The van der Waals surface area contributed by atoms with Gasteiger partial charge in [0, 0.05) is 12.3 Å². The number of para-hydroxylation sites is 1. The highest BCUT2D eigenvalue weighted by atomic mass is 32.2. The van der Waals surface area contributed by atoms with Gasteiger partial charge in [-0.15, -0.1) is 0 Å². The second-order valence-electron chi connectivity index (χ2n) is 8.82. The first-order chi connectivity index (χ1) is 18.7. The first-order valence-electron chi connectivity index (χ1n) is 11.8. The largest absolute Gasteiger partial charge is 0.383 e. The topological polar surface area (TPSA) is 158 Å². The number of hydrogen-bond acceptors (Lipinski definition) is 7. The number of carbonyl (C=O) groups excluding carboxylic acids is 2. The van der Waals surface area contributed by atoms with Crippen molar-refractivity contribution in [3.63, 3.8) is 0 Å². The van der Waals surface area contributed by atoms with Crippen LogP contribution in [0.5, 0.6) is 0 Å². The minimum Gasteiger partial charge on any atom is -0.383 e. The molecule has 0 atom stereocenters. The Labute approximate surface area is 221 Å². The third kappa shape index (κ3) is 4.03. The average molecular weight is 540 g/mol. The zero-order valence-electron chi connectivity index (χ0n) is 20.5. The molecule has 0 spiro atoms. The molecule has 0 fully saturated rings. The van der Waals surface area contributed by atoms with Crippen LogP contribution in [0.2, 0.25) is 0 Å². The van der Waals surface area contributed by atoms with Gasteiger partial charge in [0.15, 0.2) is 0 Å². The second kappa shape index (κ2) is 8.96. The van der Waals surface area contributed by atoms with Crippen molar-refractivity contribution in [2.45, 2.75) is 11.8 Å². The van der Waals surface area contributed by atoms with Crippen LogP contribution in [0.25, 0.3) is 27.6 Å². The van der Waals surface area contributed by atoms with Crippen LogP contribution in [-0.2, 0) is 14.8 Å². The van der Waals surface area contributed by atoms with Crippen molar-refractivity contribution in [3.8, 4) is 5.69 Å². The lowest BCUT2D eigenvalue weighted by atomic mass is 10.1. The highest BCUT2D eigenvalue weighted by Crippen LogP contribution is 2.29. The van der Waals surface area contributed by atoms with E-state index in [1.807, 2.05) is 0 Å². The quantitative estimate of drug-likeness (QED) is 0.272. The van der Waals surface area contributed by atoms with Crippen LogP contribution >= 0.6 is 0 Å². The molecule has 11 nitrogen and oxygen atoms in total. The summed E-state index contributed by atoms with van der Waals surface area (Å²) in [6.45, 7) is 1.38. The molecule has 0 unspecified atom stereocenters. The SMILES string of the molecule is CC(=O)Nc1nc2ccc(-n3ncc(C(=O)c4cc5ccccc5n4S(=O)(=O)c4ccccc4)c3N)cc2[nH]1. The van der Waals surface area contributed by atoms with Crippen molar-refractivity contribution < 1.29 is 18.0 Å². The number of rotatable bonds is 6. The van der Waals surface area contributed by atoms with E-state index in [-0.39, 0.29) is 27.9 Å². The van der Waals surface area contributed by atoms with Gasteiger partial charge in [-0.3, -0.25) is 14.9 Å². The molecule has 6 aromatic rings. The molecule has 39 heavy (non-hydrogen) atoms. The van der Waals surface area contributed by atoms with E-state index in [1.54, 1.807) is 60.7 Å². The number of aromatic amines is 1. The number of nitrogens with two attached hydrogens (primary N) is 1. The molecule has 0 radical (unpaired) electrons. The van der Waals surface area contributed by atoms with Crippen molar-refractivity contribution in [3.05, 3.63) is 96.3 Å². The van der Waals surface area contributed by atoms with Crippen LogP contribution in [-0.4, -0.2) is 43.8 Å². The lowest BCUT2D eigenvalue weighted by Gasteiger charge is -2.11. The first-order valence-corrected chi connectivity index (χ1v) is 13.2. The molecular weight excluding hydrogens is 518 g/mol. The van der Waals surface area contributed by atoms with Gasteiger partial charge in [-0.2, -0.15) is 5.10 Å². The Balaban J connectivity index is 1.44. The number of carbonyl (C=O) groups is 2. The Morgan fingerprint density at radius 1 is 0.974 bits per heavy atom. The fraction of sp³-hybridized carbons (Fsp3) is 0.0370. The summed E-state index contributed by atoms with van der Waals surface area (Å²) in [7, 11) is -4.11. The van der Waals surface area contributed by atoms with E-state index in [4.69, 9.17) is 5.73 Å². The van der Waals surface area contributed by atoms with E-state index in [0.29, 0.717) is 33.6 Å². The maximum atomic E-state index is 13.8. The molecule has 0 aliphatic carbocycles. The van der Waals surface area contributed by atoms with Gasteiger partial charge in [0.05, 0.1) is 38.9 Å². The molecule has 0 bridgehead atoms. The van der Waals surface area contributed by atoms with Gasteiger partial charge in [0.1, 0.15) is 11.5 Å². The van der Waals surface area contributed by atoms with Crippen molar-refractivity contribution in [2.24, 2.45) is 0 Å². The third-order valence-corrected chi connectivity index (χ3v) is 7.98. The summed E-state index contributed by atoms with van der Waals surface area (Å²) in [6, 6.07) is 21.5. The molecule has 3 aromatic heterocycles. The van der Waals surface area contributed by atoms with E-state index in [1.165, 1.54) is 36.0 Å². The van der Waals surface area contributed by atoms with E-state index >= 15 is 0 Å². The molecule has 6 rings (SSSR count). The normalized spacial score (nSPS) is 11.7. The summed E-state index contributed by atoms with van der Waals surface area (Å²) in [5.41, 5.74) is 8.52. The lowest BCUT2D eigenvalue weighted by Crippen LogP contribution is -2.19. The van der Waals surface area contributed by atoms with Gasteiger partial charge in [-0.1, -0.05) is 36.4 Å². The summed E-state index contributed by atoms with van der Waals surface area (Å²) in [6.07, 6.45) is 1.31. The van der Waals surface area contributed by atoms with Gasteiger partial charge in [-0.05, 0) is 42.5 Å². The van der Waals surface area contributed by atoms with Crippen LogP contribution in [0.15, 0.2) is 90.0 Å². The number of imidazole rings is 1. The summed E-state index contributed by atoms with van der Waals surface area (Å²) < 4.78 is 29.8. The molecule has 4 N–H and O–H groups in total. The number of nitrogens with zero attached hydrogens (tertiary/aromatic N) is 4. The monoisotopic (exact) mass is 539 g/mol. The van der Waals surface area contributed by atoms with Crippen molar-refractivity contribution in [2.75, 3.05) is 11.1 Å². The zero-order valence-corrected chi connectivity index (χ0v) is 21.3. The molecule has 1 amide bonds. The second-order valence-corrected chi connectivity index (χ2v) is 10.6. The fourth-order valence-corrected chi connectivity index (χ4v) is 6.01. The van der Waals surface area contributed by atoms with E-state index < -0.39 is 15.8 Å². The molecule has 0 aliphatic rings. The fourth-order valence-electron chi connectivity index (χ4n) is 4.48. The van der Waals surface area contributed by atoms with Crippen molar-refractivity contribution in [1.29, 1.82) is 0 Å². The predicted octanol–water partition coefficient (Wildman–Crippen LogP) is 3.71. The zero-order chi connectivity index (χ0) is 27.3. The Morgan fingerprint density at radius 3 is 2.49 bits per heavy atom. The molecule has 0 saturated heterocycles. The van der Waals surface area contributed by atoms with Gasteiger partial charge >= 0.3 is 0 Å². The first kappa shape index (κ1) is 24.1. The standard InChI is InChI=1S/C27H21N7O4S/c1-16(35)30-27-31-21-12-11-18(14-22(21)32-27)33-26(28)20(15-29-33)25(36)24-13-17-7-5-6-10-23(17)34(24)39(37,38)19-8-3-2-4-9-19/h2-15H,28H2,1H3,(H2,30,31,32,35). The van der Waals surface area contributed by atoms with Crippen LogP contribution in [0, 0.1) is 0 Å². The maximum absolute atomic E-state index is 13.8. The Kier molecular flexibility index (Phi) is 5.54. The number of aromatic nitrogens is 5. The highest BCUT2D eigenvalue weighted by Gasteiger charge is 2.29. The van der Waals surface area contributed by atoms with Gasteiger partial charge < -0.3 is 10.7 Å². The van der Waals surface area contributed by atoms with E-state index in [2.05, 4.69) is 20.4 Å². The molecule has 3 heterocycles. The number of hydrogen-bond donors (Lipinski definition) is 3. The van der Waals surface area contributed by atoms with Crippen LogP contribution in [0.3, 0.4) is 0 Å². The van der Waals surface area contributed by atoms with Gasteiger partial charge in [0.2, 0.25) is 17.6 Å². The Morgan fingerprint density at radius 2 is 1.72 bits per heavy atom. The van der Waals surface area contributed by atoms with Gasteiger partial charge in [0.25, 0.3) is 10.0 Å². The number of nitrogen functional groups attached to an aromatic ring is 1. The van der Waals surface area contributed by atoms with Crippen LogP contribution in [0.1, 0.15) is 23.0 Å². The maximum Gasteiger partial charge on any atom is 0.268 e. The minimum absolute atomic E-state index is 0.0369. The lowest BCUT2D eigenvalue weighted by molar-refractivity contribution is -0.114. The van der Waals surface area contributed by atoms with Crippen LogP contribution in [0.4, 0.5) is 11.8 Å². The molecule has 0 saturated carbocycles. The molecule has 12 heteroatoms. The van der Waals surface area contributed by atoms with Crippen molar-refractivity contribution >= 4 is 55.4 Å². The molecule has 0 aliphatic heterocycles. The van der Waals surface area contributed by atoms with Gasteiger partial charge in [-0.25, -0.2) is 22.1 Å². The molecule has 194 valence electrons. The average Bonchev–Trinajstić information content (AvgIpc) is 3.62. The van der Waals surface area contributed by atoms with Crippen molar-refractivity contribution in [1.82, 2.24) is 23.7 Å². The number of benzene rings is 3. The molecule has 3 aromatic carbocycles. The van der Waals surface area contributed by atoms with E-state index in [0.717, 1.165) is 3.97 Å². The highest BCUT2D eigenvalue weighted by molar-refractivity contribution is 7.90. The predicted molar refractivity (Wildman–Crippen MR) is 146 cm³/mol. The number of fused-ring (bicyclic) bond motifs is 2. The van der Waals surface area contributed by atoms with E-state index in [9.17, 15) is 18.0 Å². The summed E-state index contributed by atoms with van der Waals surface area (Å²) in [5.74, 6) is -0.522. The smallest absolute Gasteiger partial charge is 0.268 e. The summed E-state index contributed by atoms with van der Waals surface area (Å²) in [4.78, 5) is 32.5. The number of nitrogens with one attached hydrogen (secondary N) is 2. The molecular formula is C27H21N7O4S. The number of amides is 1. The number of ketones is 1. The Bertz CT molecular complexity index is 2020. The third-order valence-electron chi connectivity index (χ3n) is 6.24. The summed E-state index contributed by atoms with van der Waals surface area (Å²) >= 11 is 0. The minimum atomic E-state index is -4.11. The van der Waals surface area contributed by atoms with Crippen LogP contribution < -0.4 is 11.1 Å². The summed E-state index contributed by atoms with van der Waals surface area (Å²) in [5, 5.41) is 7.49. The number of anilines is 2. The Hall–Kier alpha value is -5.23.